The Labute approximate surface area is 166 Å². The number of hydrogen-bond acceptors (Lipinski definition) is 6. The minimum Gasteiger partial charge on any atom is -0.496 e. The van der Waals surface area contributed by atoms with Gasteiger partial charge >= 0.3 is 0 Å². The number of nitrogens with one attached hydrogen (secondary N) is 1. The molecule has 0 saturated carbocycles. The first kappa shape index (κ1) is 8.73. The molecule has 1 amide bonds. The van der Waals surface area contributed by atoms with Crippen molar-refractivity contribution in [1.29, 1.82) is 0 Å². The van der Waals surface area contributed by atoms with Crippen LogP contribution in [0.4, 0.5) is 5.69 Å². The fourth-order valence-corrected chi connectivity index (χ4v) is 3.30. The number of likely N-dealkylation sites (tertiary alicyclic amines) is 1. The van der Waals surface area contributed by atoms with Crippen LogP contribution in [-0.4, -0.2) is 57.6 Å². The number of carbonyl (C=O) groups excluding carboxylic acids is 1. The van der Waals surface area contributed by atoms with Crippen molar-refractivity contribution in [2.24, 2.45) is 0 Å². The van der Waals surface area contributed by atoms with E-state index in [1.54, 1.807) is 0 Å². The van der Waals surface area contributed by atoms with Gasteiger partial charge in [-0.3, -0.25) is 9.69 Å². The van der Waals surface area contributed by atoms with E-state index in [0.29, 0.717) is 0 Å². The van der Waals surface area contributed by atoms with Gasteiger partial charge in [-0.2, -0.15) is 0 Å². The van der Waals surface area contributed by atoms with Gasteiger partial charge in [0, 0.05) is 25.4 Å². The van der Waals surface area contributed by atoms with Crippen LogP contribution >= 0.6 is 0 Å². The minimum atomic E-state index is -4.33. The summed E-state index contributed by atoms with van der Waals surface area (Å²) >= 11 is 0. The molecule has 2 rings (SSSR count). The van der Waals surface area contributed by atoms with Crippen molar-refractivity contribution in [3.05, 3.63) is 17.6 Å². The molecule has 1 unspecified atom stereocenters. The predicted molar refractivity (Wildman–Crippen MR) is 97.7 cm³/mol. The summed E-state index contributed by atoms with van der Waals surface area (Å²) in [7, 11) is -7.60. The van der Waals surface area contributed by atoms with Gasteiger partial charge in [0.1, 0.15) is 5.75 Å². The molecule has 0 aliphatic carbocycles. The van der Waals surface area contributed by atoms with Gasteiger partial charge in [-0.15, -0.1) is 0 Å². The fraction of sp³-hybridized carbons (Fsp3) is 0.588. The van der Waals surface area contributed by atoms with E-state index in [0.717, 1.165) is 4.90 Å². The van der Waals surface area contributed by atoms with Crippen LogP contribution in [0.3, 0.4) is 0 Å². The quantitative estimate of drug-likeness (QED) is 0.690. The highest BCUT2D eigenvalue weighted by atomic mass is 32.2. The maximum Gasteiger partial charge on any atom is 0.255 e. The number of hydrogen-bond donors (Lipinski definition) is 2. The van der Waals surface area contributed by atoms with Crippen molar-refractivity contribution in [3.8, 4) is 5.75 Å². The van der Waals surface area contributed by atoms with Gasteiger partial charge in [0.2, 0.25) is 0 Å². The standard InChI is InChI=1S/C17H27N3O4S/c1-4-20-8-6-7-12(20)11-19-17(21)13-9-16(25(22,23)5-2)14(18)10-15(13)24-3/h9-10,12H,4-8,11,18H2,1-3H3,(H,19,21)/i1D3,3D3,4D2,9D,10D,11D2. The second-order valence-electron chi connectivity index (χ2n) is 5.26. The molecule has 1 atom stereocenters. The molecule has 1 aliphatic heterocycles. The lowest BCUT2D eigenvalue weighted by molar-refractivity contribution is 0.0938. The molecular weight excluding hydrogens is 342 g/mol. The first-order valence-corrected chi connectivity index (χ1v) is 9.08. The Hall–Kier alpha value is -1.80. The molecule has 1 fully saturated rings. The van der Waals surface area contributed by atoms with E-state index in [1.165, 1.54) is 6.92 Å². The van der Waals surface area contributed by atoms with Gasteiger partial charge in [0.25, 0.3) is 5.91 Å². The monoisotopic (exact) mass is 381 g/mol. The zero-order valence-corrected chi connectivity index (χ0v) is 14.3. The van der Waals surface area contributed by atoms with E-state index >= 15 is 0 Å². The number of rotatable bonds is 7. The average Bonchev–Trinajstić information content (AvgIpc) is 3.21. The van der Waals surface area contributed by atoms with Crippen molar-refractivity contribution < 1.29 is 34.4 Å². The Morgan fingerprint density at radius 2 is 2.40 bits per heavy atom. The number of nitrogens with zero attached hydrogens (tertiary/aromatic N) is 1. The maximum absolute atomic E-state index is 13.3. The molecule has 1 saturated heterocycles. The lowest BCUT2D eigenvalue weighted by atomic mass is 10.1. The fourth-order valence-electron chi connectivity index (χ4n) is 2.37. The summed E-state index contributed by atoms with van der Waals surface area (Å²) in [4.78, 5) is 13.1. The van der Waals surface area contributed by atoms with Crippen molar-refractivity contribution >= 4 is 21.4 Å². The molecule has 0 radical (unpaired) electrons. The van der Waals surface area contributed by atoms with Gasteiger partial charge in [0.15, 0.2) is 9.84 Å². The largest absolute Gasteiger partial charge is 0.496 e. The van der Waals surface area contributed by atoms with Gasteiger partial charge in [-0.1, -0.05) is 13.8 Å². The summed E-state index contributed by atoms with van der Waals surface area (Å²) in [6.45, 7) is -7.94. The molecule has 25 heavy (non-hydrogen) atoms. The molecular formula is C17H27N3O4S. The predicted octanol–water partition coefficient (Wildman–Crippen LogP) is 1.29. The molecule has 0 bridgehead atoms. The third kappa shape index (κ3) is 4.24. The lowest BCUT2D eigenvalue weighted by Gasteiger charge is -2.23. The Morgan fingerprint density at radius 1 is 1.60 bits per heavy atom. The van der Waals surface area contributed by atoms with Crippen molar-refractivity contribution in [2.75, 3.05) is 38.1 Å². The number of sulfone groups is 1. The molecule has 140 valence electrons. The zero-order chi connectivity index (χ0) is 28.9. The highest BCUT2D eigenvalue weighted by molar-refractivity contribution is 7.91. The van der Waals surface area contributed by atoms with Crippen LogP contribution in [0.5, 0.6) is 5.75 Å². The highest BCUT2D eigenvalue weighted by Crippen LogP contribution is 2.29. The number of anilines is 1. The number of ether oxygens (including phenoxy) is 1. The number of amides is 1. The zero-order valence-electron chi connectivity index (χ0n) is 25.5. The molecule has 0 aromatic heterocycles. The van der Waals surface area contributed by atoms with Gasteiger partial charge < -0.3 is 15.8 Å². The number of likely N-dealkylation sites (N-methyl/N-ethyl adjacent to an activating group) is 1. The van der Waals surface area contributed by atoms with E-state index in [9.17, 15) is 13.2 Å². The second-order valence-corrected chi connectivity index (χ2v) is 7.48. The van der Waals surface area contributed by atoms with Gasteiger partial charge in [0.05, 0.1) is 38.5 Å². The third-order valence-corrected chi connectivity index (χ3v) is 5.43. The summed E-state index contributed by atoms with van der Waals surface area (Å²) in [5, 5.41) is 1.88. The first-order valence-electron chi connectivity index (χ1n) is 13.4. The summed E-state index contributed by atoms with van der Waals surface area (Å²) in [5.41, 5.74) is 3.79. The van der Waals surface area contributed by atoms with E-state index in [-0.39, 0.29) is 19.4 Å². The molecule has 0 spiro atoms. The van der Waals surface area contributed by atoms with E-state index in [4.69, 9.17) is 26.9 Å². The summed E-state index contributed by atoms with van der Waals surface area (Å²) in [6, 6.07) is -3.65. The summed E-state index contributed by atoms with van der Waals surface area (Å²) in [6.07, 6.45) is 0.112. The Balaban J connectivity index is 2.66. The van der Waals surface area contributed by atoms with Crippen molar-refractivity contribution in [3.63, 3.8) is 0 Å². The average molecular weight is 382 g/mol. The molecule has 3 N–H and O–H groups in total. The number of nitrogen functional groups attached to an aromatic ring is 1. The number of carbonyl (C=O) groups is 1. The van der Waals surface area contributed by atoms with Gasteiger partial charge in [-0.25, -0.2) is 8.42 Å². The minimum absolute atomic E-state index is 0.0733. The van der Waals surface area contributed by atoms with E-state index in [2.05, 4.69) is 0 Å². The lowest BCUT2D eigenvalue weighted by Crippen LogP contribution is -2.40. The molecule has 8 heteroatoms. The maximum atomic E-state index is 13.3. The van der Waals surface area contributed by atoms with Crippen LogP contribution < -0.4 is 15.8 Å². The second kappa shape index (κ2) is 8.05. The summed E-state index contributed by atoms with van der Waals surface area (Å²) < 4.78 is 123. The van der Waals surface area contributed by atoms with Crippen molar-refractivity contribution in [1.82, 2.24) is 10.2 Å². The van der Waals surface area contributed by atoms with Crippen LogP contribution in [0, 0.1) is 0 Å². The normalized spacial score (nSPS) is 27.5. The van der Waals surface area contributed by atoms with E-state index in [1.807, 2.05) is 5.32 Å². The molecule has 1 heterocycles. The Bertz CT molecular complexity index is 1170. The Morgan fingerprint density at radius 3 is 3.08 bits per heavy atom. The SMILES string of the molecule is [2H]c1c(N)c(S(=O)(=O)CC)c([2H])c(C(=O)NC([2H])([2H])C2CCCN2C([2H])([2H])C([2H])([2H])[2H])c1OC([2H])([2H])[2H]. The Kier molecular flexibility index (Phi) is 2.81. The van der Waals surface area contributed by atoms with Crippen molar-refractivity contribution in [2.45, 2.75) is 37.6 Å². The smallest absolute Gasteiger partial charge is 0.255 e. The number of benzene rings is 1. The highest BCUT2D eigenvalue weighted by Gasteiger charge is 2.25. The summed E-state index contributed by atoms with van der Waals surface area (Å²) in [5.74, 6) is -3.21. The molecule has 1 aromatic rings. The van der Waals surface area contributed by atoms with Crippen LogP contribution in [0.25, 0.3) is 0 Å². The van der Waals surface area contributed by atoms with Crippen LogP contribution in [0.2, 0.25) is 0 Å². The molecule has 7 nitrogen and oxygen atoms in total. The molecule has 1 aromatic carbocycles. The van der Waals surface area contributed by atoms with Crippen LogP contribution in [-0.2, 0) is 9.84 Å². The molecule has 1 aliphatic rings. The number of methoxy groups -OCH3 is 1. The van der Waals surface area contributed by atoms with Gasteiger partial charge in [-0.05, 0) is 31.9 Å². The van der Waals surface area contributed by atoms with Crippen LogP contribution in [0.15, 0.2) is 17.0 Å². The number of nitrogens with two attached hydrogens (primary N) is 1. The van der Waals surface area contributed by atoms with E-state index < -0.39 is 88.4 Å². The first-order chi connectivity index (χ1) is 16.5. The van der Waals surface area contributed by atoms with Crippen LogP contribution in [0.1, 0.15) is 53.4 Å². The topological polar surface area (TPSA) is 102 Å². The third-order valence-electron chi connectivity index (χ3n) is 3.73.